The average Bonchev–Trinajstić information content (AvgIpc) is 3.51. The van der Waals surface area contributed by atoms with Crippen molar-refractivity contribution < 1.29 is 31.9 Å². The number of aryl methyl sites for hydroxylation is 1. The van der Waals surface area contributed by atoms with E-state index >= 15 is 0 Å². The first kappa shape index (κ1) is 30.3. The predicted molar refractivity (Wildman–Crippen MR) is 160 cm³/mol. The second kappa shape index (κ2) is 13.0. The topological polar surface area (TPSA) is 105 Å². The van der Waals surface area contributed by atoms with Gasteiger partial charge >= 0.3 is 0 Å². The van der Waals surface area contributed by atoms with Gasteiger partial charge in [0.2, 0.25) is 11.8 Å². The van der Waals surface area contributed by atoms with Gasteiger partial charge in [-0.25, -0.2) is 12.8 Å². The van der Waals surface area contributed by atoms with Gasteiger partial charge in [0.1, 0.15) is 31.6 Å². The van der Waals surface area contributed by atoms with Gasteiger partial charge in [0, 0.05) is 18.7 Å². The summed E-state index contributed by atoms with van der Waals surface area (Å²) in [6.07, 6.45) is 3.85. The summed E-state index contributed by atoms with van der Waals surface area (Å²) >= 11 is 0. The number of hydrogen-bond donors (Lipinski definition) is 1. The van der Waals surface area contributed by atoms with Crippen LogP contribution in [0.15, 0.2) is 71.6 Å². The van der Waals surface area contributed by atoms with Gasteiger partial charge in [-0.3, -0.25) is 13.9 Å². The average molecular weight is 610 g/mol. The van der Waals surface area contributed by atoms with Gasteiger partial charge in [0.05, 0.1) is 10.6 Å². The summed E-state index contributed by atoms with van der Waals surface area (Å²) in [5.74, 6) is -0.737. The molecule has 0 bridgehead atoms. The third kappa shape index (κ3) is 7.10. The minimum Gasteiger partial charge on any atom is -0.486 e. The summed E-state index contributed by atoms with van der Waals surface area (Å²) in [6.45, 7) is 3.68. The van der Waals surface area contributed by atoms with E-state index in [0.29, 0.717) is 12.4 Å². The number of fused-ring (bicyclic) bond motifs is 1. The standard InChI is InChI=1S/C32H36FN3O6S/c1-22-6-5-7-24(18-22)20-35(23(2)32(38)34-26-8-3-4-9-26)31(37)21-36(27-12-10-25(33)11-13-27)43(39,40)28-14-15-29-30(19-28)42-17-16-41-29/h5-7,10-15,18-19,23,26H,3-4,8-9,16-17,20-21H2,1-2H3,(H,34,38). The highest BCUT2D eigenvalue weighted by atomic mass is 32.2. The Balaban J connectivity index is 1.48. The number of nitrogens with zero attached hydrogens (tertiary/aromatic N) is 2. The van der Waals surface area contributed by atoms with E-state index in [-0.39, 0.29) is 41.4 Å². The van der Waals surface area contributed by atoms with Crippen LogP contribution in [-0.2, 0) is 26.2 Å². The number of sulfonamides is 1. The zero-order chi connectivity index (χ0) is 30.6. The molecule has 1 N–H and O–H groups in total. The van der Waals surface area contributed by atoms with Crippen molar-refractivity contribution in [1.29, 1.82) is 0 Å². The molecule has 5 rings (SSSR count). The summed E-state index contributed by atoms with van der Waals surface area (Å²) in [4.78, 5) is 28.7. The molecule has 3 aromatic rings. The van der Waals surface area contributed by atoms with E-state index in [1.807, 2.05) is 31.2 Å². The normalized spacial score (nSPS) is 15.5. The molecule has 1 atom stereocenters. The van der Waals surface area contributed by atoms with Crippen LogP contribution < -0.4 is 19.1 Å². The molecule has 2 amide bonds. The maximum absolute atomic E-state index is 14.1. The Morgan fingerprint density at radius 3 is 2.37 bits per heavy atom. The third-order valence-corrected chi connectivity index (χ3v) is 9.57. The highest BCUT2D eigenvalue weighted by Gasteiger charge is 2.34. The molecule has 1 aliphatic carbocycles. The molecule has 0 saturated heterocycles. The minimum absolute atomic E-state index is 0.0529. The highest BCUT2D eigenvalue weighted by Crippen LogP contribution is 2.34. The number of anilines is 1. The van der Waals surface area contributed by atoms with E-state index in [1.165, 1.54) is 35.2 Å². The summed E-state index contributed by atoms with van der Waals surface area (Å²) in [5, 5.41) is 3.06. The van der Waals surface area contributed by atoms with Crippen molar-refractivity contribution in [3.63, 3.8) is 0 Å². The molecule has 0 radical (unpaired) electrons. The van der Waals surface area contributed by atoms with Crippen LogP contribution in [-0.4, -0.2) is 57.0 Å². The summed E-state index contributed by atoms with van der Waals surface area (Å²) < 4.78 is 54.1. The van der Waals surface area contributed by atoms with Crippen molar-refractivity contribution in [3.8, 4) is 11.5 Å². The van der Waals surface area contributed by atoms with Crippen LogP contribution in [0.3, 0.4) is 0 Å². The van der Waals surface area contributed by atoms with Crippen molar-refractivity contribution in [2.75, 3.05) is 24.1 Å². The molecule has 0 spiro atoms. The van der Waals surface area contributed by atoms with E-state index < -0.39 is 34.3 Å². The van der Waals surface area contributed by atoms with Gasteiger partial charge in [-0.1, -0.05) is 42.7 Å². The fourth-order valence-electron chi connectivity index (χ4n) is 5.43. The van der Waals surface area contributed by atoms with Crippen LogP contribution in [0.1, 0.15) is 43.7 Å². The SMILES string of the molecule is Cc1cccc(CN(C(=O)CN(c2ccc(F)cc2)S(=O)(=O)c2ccc3c(c2)OCCO3)C(C)C(=O)NC2CCCC2)c1. The van der Waals surface area contributed by atoms with Gasteiger partial charge in [0.15, 0.2) is 11.5 Å². The monoisotopic (exact) mass is 609 g/mol. The number of hydrogen-bond acceptors (Lipinski definition) is 6. The number of carbonyl (C=O) groups is 2. The quantitative estimate of drug-likeness (QED) is 0.361. The lowest BCUT2D eigenvalue weighted by Crippen LogP contribution is -2.52. The maximum atomic E-state index is 14.1. The van der Waals surface area contributed by atoms with Crippen LogP contribution >= 0.6 is 0 Å². The van der Waals surface area contributed by atoms with Crippen LogP contribution in [0.5, 0.6) is 11.5 Å². The first-order chi connectivity index (χ1) is 20.6. The van der Waals surface area contributed by atoms with Crippen LogP contribution in [0.4, 0.5) is 10.1 Å². The van der Waals surface area contributed by atoms with Crippen molar-refractivity contribution >= 4 is 27.5 Å². The largest absolute Gasteiger partial charge is 0.486 e. The fourth-order valence-corrected chi connectivity index (χ4v) is 6.86. The molecule has 0 aromatic heterocycles. The number of rotatable bonds is 10. The molecular weight excluding hydrogens is 573 g/mol. The lowest BCUT2D eigenvalue weighted by molar-refractivity contribution is -0.139. The van der Waals surface area contributed by atoms with Crippen molar-refractivity contribution in [2.45, 2.75) is 63.1 Å². The summed E-state index contributed by atoms with van der Waals surface area (Å²) in [7, 11) is -4.35. The molecule has 1 aliphatic heterocycles. The first-order valence-electron chi connectivity index (χ1n) is 14.4. The van der Waals surface area contributed by atoms with Crippen molar-refractivity contribution in [3.05, 3.63) is 83.7 Å². The number of halogens is 1. The molecule has 228 valence electrons. The Labute approximate surface area is 251 Å². The molecule has 1 unspecified atom stereocenters. The Bertz CT molecular complexity index is 1570. The lowest BCUT2D eigenvalue weighted by atomic mass is 10.1. The van der Waals surface area contributed by atoms with E-state index in [1.54, 1.807) is 6.92 Å². The van der Waals surface area contributed by atoms with Gasteiger partial charge in [-0.2, -0.15) is 0 Å². The number of amides is 2. The molecule has 9 nitrogen and oxygen atoms in total. The van der Waals surface area contributed by atoms with Crippen LogP contribution in [0, 0.1) is 12.7 Å². The van der Waals surface area contributed by atoms with Crippen molar-refractivity contribution in [1.82, 2.24) is 10.2 Å². The van der Waals surface area contributed by atoms with Gasteiger partial charge in [0.25, 0.3) is 10.0 Å². The Hall–Kier alpha value is -4.12. The first-order valence-corrected chi connectivity index (χ1v) is 15.9. The van der Waals surface area contributed by atoms with E-state index in [0.717, 1.165) is 53.2 Å². The van der Waals surface area contributed by atoms with Crippen molar-refractivity contribution in [2.24, 2.45) is 0 Å². The minimum atomic E-state index is -4.35. The lowest BCUT2D eigenvalue weighted by Gasteiger charge is -2.32. The molecule has 2 aliphatic rings. The molecular formula is C32H36FN3O6S. The highest BCUT2D eigenvalue weighted by molar-refractivity contribution is 7.92. The zero-order valence-electron chi connectivity index (χ0n) is 24.3. The molecule has 1 saturated carbocycles. The summed E-state index contributed by atoms with van der Waals surface area (Å²) in [5.41, 5.74) is 1.89. The van der Waals surface area contributed by atoms with Crippen LogP contribution in [0.25, 0.3) is 0 Å². The number of carbonyl (C=O) groups excluding carboxylic acids is 2. The smallest absolute Gasteiger partial charge is 0.264 e. The van der Waals surface area contributed by atoms with E-state index in [4.69, 9.17) is 9.47 Å². The van der Waals surface area contributed by atoms with E-state index in [9.17, 15) is 22.4 Å². The predicted octanol–water partition coefficient (Wildman–Crippen LogP) is 4.58. The molecule has 1 fully saturated rings. The number of benzene rings is 3. The van der Waals surface area contributed by atoms with E-state index in [2.05, 4.69) is 5.32 Å². The Kier molecular flexibility index (Phi) is 9.19. The second-order valence-corrected chi connectivity index (χ2v) is 12.8. The number of ether oxygens (including phenoxy) is 2. The molecule has 43 heavy (non-hydrogen) atoms. The fraction of sp³-hybridized carbons (Fsp3) is 0.375. The molecule has 11 heteroatoms. The summed E-state index contributed by atoms with van der Waals surface area (Å²) in [6, 6.07) is 15.9. The second-order valence-electron chi connectivity index (χ2n) is 11.0. The third-order valence-electron chi connectivity index (χ3n) is 7.80. The van der Waals surface area contributed by atoms with Crippen LogP contribution in [0.2, 0.25) is 0 Å². The molecule has 1 heterocycles. The molecule has 3 aromatic carbocycles. The zero-order valence-corrected chi connectivity index (χ0v) is 25.1. The van der Waals surface area contributed by atoms with Gasteiger partial charge < -0.3 is 19.7 Å². The maximum Gasteiger partial charge on any atom is 0.264 e. The Morgan fingerprint density at radius 2 is 1.67 bits per heavy atom. The van der Waals surface area contributed by atoms with Gasteiger partial charge in [-0.05, 0) is 68.7 Å². The van der Waals surface area contributed by atoms with Gasteiger partial charge in [-0.15, -0.1) is 0 Å². The number of nitrogens with one attached hydrogen (secondary N) is 1. The Morgan fingerprint density at radius 1 is 0.977 bits per heavy atom.